The van der Waals surface area contributed by atoms with Crippen LogP contribution in [0.15, 0.2) is 16.8 Å². The lowest BCUT2D eigenvalue weighted by molar-refractivity contribution is -0.384. The zero-order valence-electron chi connectivity index (χ0n) is 16.4. The van der Waals surface area contributed by atoms with Crippen LogP contribution in [0.25, 0.3) is 11.1 Å². The number of aromatic nitrogens is 2. The summed E-state index contributed by atoms with van der Waals surface area (Å²) in [7, 11) is 0. The third-order valence-corrected chi connectivity index (χ3v) is 3.55. The first kappa shape index (κ1) is 22.1. The molecule has 0 saturated carbocycles. The normalized spacial score (nSPS) is 9.96. The molecule has 0 aromatic carbocycles. The van der Waals surface area contributed by atoms with Crippen LogP contribution in [0.5, 0.6) is 0 Å². The first-order valence-corrected chi connectivity index (χ1v) is 8.91. The minimum Gasteiger partial charge on any atom is -0.464 e. The van der Waals surface area contributed by atoms with Crippen LogP contribution in [0, 0.1) is 24.0 Å². The van der Waals surface area contributed by atoms with Gasteiger partial charge >= 0.3 is 11.7 Å². The van der Waals surface area contributed by atoms with Crippen molar-refractivity contribution in [3.05, 3.63) is 33.8 Å². The van der Waals surface area contributed by atoms with Gasteiger partial charge in [-0.2, -0.15) is 0 Å². The molecule has 0 aliphatic heterocycles. The van der Waals surface area contributed by atoms with Gasteiger partial charge in [0, 0.05) is 23.4 Å². The van der Waals surface area contributed by atoms with Crippen LogP contribution in [0.3, 0.4) is 0 Å². The van der Waals surface area contributed by atoms with Gasteiger partial charge in [0.05, 0.1) is 17.2 Å². The van der Waals surface area contributed by atoms with Crippen molar-refractivity contribution >= 4 is 17.5 Å². The molecule has 0 spiro atoms. The summed E-state index contributed by atoms with van der Waals surface area (Å²) in [5.74, 6) is 0.0705. The lowest BCUT2D eigenvalue weighted by atomic mass is 10.1. The number of carbonyl (C=O) groups is 1. The van der Waals surface area contributed by atoms with Crippen LogP contribution in [0.4, 0.5) is 11.5 Å². The number of anilines is 1. The van der Waals surface area contributed by atoms with Crippen LogP contribution < -0.4 is 5.32 Å². The third kappa shape index (κ3) is 6.05. The maximum absolute atomic E-state index is 11.6. The summed E-state index contributed by atoms with van der Waals surface area (Å²) in [6.45, 7) is 9.59. The van der Waals surface area contributed by atoms with Gasteiger partial charge in [0.1, 0.15) is 12.3 Å². The van der Waals surface area contributed by atoms with E-state index in [2.05, 4.69) is 15.5 Å². The minimum atomic E-state index is -0.556. The molecule has 0 radical (unpaired) electrons. The molecule has 0 bridgehead atoms. The molecule has 2 aromatic heterocycles. The van der Waals surface area contributed by atoms with Crippen LogP contribution in [0.1, 0.15) is 45.1 Å². The third-order valence-electron chi connectivity index (χ3n) is 3.55. The van der Waals surface area contributed by atoms with Crippen LogP contribution in [-0.2, 0) is 9.53 Å². The highest BCUT2D eigenvalue weighted by Crippen LogP contribution is 2.31. The first-order chi connectivity index (χ1) is 12.9. The molecule has 2 aromatic rings. The summed E-state index contributed by atoms with van der Waals surface area (Å²) in [4.78, 5) is 26.5. The molecule has 0 aliphatic carbocycles. The lowest BCUT2D eigenvalue weighted by Gasteiger charge is -2.08. The lowest BCUT2D eigenvalue weighted by Crippen LogP contribution is -2.18. The second-order valence-corrected chi connectivity index (χ2v) is 5.48. The Morgan fingerprint density at radius 1 is 1.37 bits per heavy atom. The zero-order chi connectivity index (χ0) is 20.4. The number of pyridine rings is 1. The number of carbonyl (C=O) groups excluding carboxylic acids is 1. The fourth-order valence-electron chi connectivity index (χ4n) is 2.30. The first-order valence-electron chi connectivity index (χ1n) is 8.91. The molecule has 148 valence electrons. The summed E-state index contributed by atoms with van der Waals surface area (Å²) in [5, 5.41) is 17.8. The molecule has 9 nitrogen and oxygen atoms in total. The van der Waals surface area contributed by atoms with E-state index >= 15 is 0 Å². The minimum absolute atomic E-state index is 0.00736. The molecule has 2 heterocycles. The number of rotatable bonds is 8. The molecule has 0 amide bonds. The molecule has 0 aliphatic rings. The number of nitrogens with one attached hydrogen (secondary N) is 1. The molecule has 1 N–H and O–H groups in total. The number of esters is 1. The van der Waals surface area contributed by atoms with Gasteiger partial charge in [-0.05, 0) is 20.3 Å². The van der Waals surface area contributed by atoms with E-state index in [0.29, 0.717) is 29.2 Å². The van der Waals surface area contributed by atoms with Crippen LogP contribution in [0.2, 0.25) is 0 Å². The number of aryl methyl sites for hydroxylation is 2. The molecule has 0 saturated heterocycles. The highest BCUT2D eigenvalue weighted by molar-refractivity contribution is 5.77. The van der Waals surface area contributed by atoms with Gasteiger partial charge in [0.15, 0.2) is 0 Å². The number of hydrogen-bond acceptors (Lipinski definition) is 8. The van der Waals surface area contributed by atoms with Crippen molar-refractivity contribution in [2.24, 2.45) is 0 Å². The van der Waals surface area contributed by atoms with Gasteiger partial charge in [-0.3, -0.25) is 14.9 Å². The average Bonchev–Trinajstić information content (AvgIpc) is 3.00. The summed E-state index contributed by atoms with van der Waals surface area (Å²) in [5.41, 5.74) is 1.58. The predicted molar refractivity (Wildman–Crippen MR) is 102 cm³/mol. The number of ether oxygens (including phenoxy) is 1. The van der Waals surface area contributed by atoms with E-state index in [-0.39, 0.29) is 18.1 Å². The van der Waals surface area contributed by atoms with Crippen molar-refractivity contribution in [3.63, 3.8) is 0 Å². The van der Waals surface area contributed by atoms with Gasteiger partial charge in [-0.1, -0.05) is 32.3 Å². The smallest absolute Gasteiger partial charge is 0.325 e. The Labute approximate surface area is 158 Å². The van der Waals surface area contributed by atoms with E-state index in [9.17, 15) is 14.9 Å². The molecular weight excluding hydrogens is 352 g/mol. The Morgan fingerprint density at radius 2 is 2.07 bits per heavy atom. The van der Waals surface area contributed by atoms with E-state index in [0.717, 1.165) is 12.8 Å². The monoisotopic (exact) mass is 378 g/mol. The van der Waals surface area contributed by atoms with Gasteiger partial charge in [0.25, 0.3) is 0 Å². The largest absolute Gasteiger partial charge is 0.464 e. The van der Waals surface area contributed by atoms with Gasteiger partial charge < -0.3 is 14.6 Å². The maximum atomic E-state index is 11.6. The quantitative estimate of drug-likeness (QED) is 0.316. The number of nitrogens with zero attached hydrogens (tertiary/aromatic N) is 3. The van der Waals surface area contributed by atoms with Crippen molar-refractivity contribution in [1.82, 2.24) is 10.1 Å². The Bertz CT molecular complexity index is 754. The van der Waals surface area contributed by atoms with Crippen molar-refractivity contribution < 1.29 is 19.0 Å². The van der Waals surface area contributed by atoms with Crippen LogP contribution >= 0.6 is 0 Å². The summed E-state index contributed by atoms with van der Waals surface area (Å²) in [6.07, 6.45) is 3.16. The SMILES string of the molecule is CC.CCCCOC(=O)CNc1ncc(-c2c(C)noc2C)cc1[N+](=O)[O-]. The van der Waals surface area contributed by atoms with E-state index in [1.165, 1.54) is 12.3 Å². The molecule has 0 unspecified atom stereocenters. The highest BCUT2D eigenvalue weighted by atomic mass is 16.6. The number of hydrogen-bond donors (Lipinski definition) is 1. The molecule has 0 atom stereocenters. The fraction of sp³-hybridized carbons (Fsp3) is 0.500. The standard InChI is InChI=1S/C16H20N4O5.C2H6/c1-4-5-6-24-14(21)9-18-16-13(20(22)23)7-12(8-17-16)15-10(2)19-25-11(15)3;1-2/h7-8H,4-6,9H2,1-3H3,(H,17,18);1-2H3. The predicted octanol–water partition coefficient (Wildman–Crippen LogP) is 4.04. The van der Waals surface area contributed by atoms with Crippen LogP contribution in [-0.4, -0.2) is 34.2 Å². The summed E-state index contributed by atoms with van der Waals surface area (Å²) in [6, 6.07) is 1.38. The summed E-state index contributed by atoms with van der Waals surface area (Å²) >= 11 is 0. The zero-order valence-corrected chi connectivity index (χ0v) is 16.4. The Kier molecular flexibility index (Phi) is 8.91. The fourth-order valence-corrected chi connectivity index (χ4v) is 2.30. The van der Waals surface area contributed by atoms with E-state index < -0.39 is 10.9 Å². The Morgan fingerprint density at radius 3 is 2.63 bits per heavy atom. The van der Waals surface area contributed by atoms with E-state index in [1.807, 2.05) is 20.8 Å². The molecular formula is C18H26N4O5. The topological polar surface area (TPSA) is 120 Å². The molecule has 27 heavy (non-hydrogen) atoms. The van der Waals surface area contributed by atoms with Crippen molar-refractivity contribution in [3.8, 4) is 11.1 Å². The van der Waals surface area contributed by atoms with Gasteiger partial charge in [-0.15, -0.1) is 0 Å². The average molecular weight is 378 g/mol. The van der Waals surface area contributed by atoms with Crippen molar-refractivity contribution in [2.75, 3.05) is 18.5 Å². The second-order valence-electron chi connectivity index (χ2n) is 5.48. The maximum Gasteiger partial charge on any atom is 0.325 e. The number of nitro groups is 1. The van der Waals surface area contributed by atoms with E-state index in [4.69, 9.17) is 9.26 Å². The van der Waals surface area contributed by atoms with Gasteiger partial charge in [0.2, 0.25) is 5.82 Å². The van der Waals surface area contributed by atoms with Crippen molar-refractivity contribution in [2.45, 2.75) is 47.5 Å². The summed E-state index contributed by atoms with van der Waals surface area (Å²) < 4.78 is 10.1. The second kappa shape index (κ2) is 10.9. The Hall–Kier alpha value is -2.97. The number of unbranched alkanes of at least 4 members (excludes halogenated alkanes) is 1. The van der Waals surface area contributed by atoms with Crippen molar-refractivity contribution in [1.29, 1.82) is 0 Å². The van der Waals surface area contributed by atoms with Gasteiger partial charge in [-0.25, -0.2) is 4.98 Å². The molecule has 9 heteroatoms. The molecule has 0 fully saturated rings. The highest BCUT2D eigenvalue weighted by Gasteiger charge is 2.20. The molecule has 2 rings (SSSR count). The Balaban J connectivity index is 0.00000176. The van der Waals surface area contributed by atoms with E-state index in [1.54, 1.807) is 13.8 Å².